The first kappa shape index (κ1) is 11.4. The molecule has 1 aromatic heterocycles. The minimum Gasteiger partial charge on any atom is -0.481 e. The fourth-order valence-corrected chi connectivity index (χ4v) is 1.59. The molecule has 1 aliphatic heterocycles. The highest BCUT2D eigenvalue weighted by molar-refractivity contribution is 5.79. The maximum absolute atomic E-state index is 11.6. The molecule has 0 atom stereocenters. The van der Waals surface area contributed by atoms with Gasteiger partial charge in [0.05, 0.1) is 5.92 Å². The first-order valence-electron chi connectivity index (χ1n) is 5.31. The summed E-state index contributed by atoms with van der Waals surface area (Å²) in [5, 5.41) is 11.4. The van der Waals surface area contributed by atoms with Crippen molar-refractivity contribution in [1.82, 2.24) is 15.2 Å². The van der Waals surface area contributed by atoms with Crippen LogP contribution in [0.3, 0.4) is 0 Å². The van der Waals surface area contributed by atoms with Crippen molar-refractivity contribution in [1.29, 1.82) is 0 Å². The second-order valence-electron chi connectivity index (χ2n) is 3.95. The van der Waals surface area contributed by atoms with Gasteiger partial charge in [0, 0.05) is 32.0 Å². The number of aromatic nitrogens is 1. The Morgan fingerprint density at radius 3 is 2.65 bits per heavy atom. The lowest BCUT2D eigenvalue weighted by Crippen LogP contribution is -2.56. The minimum atomic E-state index is -0.844. The Kier molecular flexibility index (Phi) is 3.22. The highest BCUT2D eigenvalue weighted by Gasteiger charge is 2.35. The molecule has 0 spiro atoms. The summed E-state index contributed by atoms with van der Waals surface area (Å²) in [4.78, 5) is 27.5. The number of hydrogen-bond donors (Lipinski definition) is 2. The number of rotatable bonds is 3. The third kappa shape index (κ3) is 2.72. The van der Waals surface area contributed by atoms with E-state index in [1.807, 2.05) is 12.1 Å². The van der Waals surface area contributed by atoms with Gasteiger partial charge in [0.25, 0.3) is 0 Å². The number of carbonyl (C=O) groups excluding carboxylic acids is 1. The molecule has 90 valence electrons. The van der Waals surface area contributed by atoms with Crippen molar-refractivity contribution in [3.63, 3.8) is 0 Å². The van der Waals surface area contributed by atoms with Gasteiger partial charge in [-0.2, -0.15) is 0 Å². The quantitative estimate of drug-likeness (QED) is 0.789. The number of aliphatic carboxylic acids is 1. The van der Waals surface area contributed by atoms with Gasteiger partial charge in [-0.1, -0.05) is 0 Å². The Labute approximate surface area is 98.3 Å². The topological polar surface area (TPSA) is 82.5 Å². The monoisotopic (exact) mass is 235 g/mol. The van der Waals surface area contributed by atoms with Crippen molar-refractivity contribution in [3.8, 4) is 0 Å². The third-order valence-electron chi connectivity index (χ3n) is 2.71. The molecule has 2 rings (SSSR count). The molecule has 0 aromatic carbocycles. The van der Waals surface area contributed by atoms with E-state index >= 15 is 0 Å². The summed E-state index contributed by atoms with van der Waals surface area (Å²) >= 11 is 0. The first-order valence-corrected chi connectivity index (χ1v) is 5.31. The maximum Gasteiger partial charge on any atom is 0.317 e. The number of nitrogens with one attached hydrogen (secondary N) is 1. The van der Waals surface area contributed by atoms with E-state index in [1.54, 1.807) is 12.4 Å². The molecule has 0 saturated carbocycles. The number of urea groups is 1. The summed E-state index contributed by atoms with van der Waals surface area (Å²) in [7, 11) is 0. The molecular weight excluding hydrogens is 222 g/mol. The molecule has 2 amide bonds. The molecule has 1 aliphatic rings. The lowest BCUT2D eigenvalue weighted by molar-refractivity contribution is -0.146. The SMILES string of the molecule is O=C(O)C1CN(C(=O)NCc2ccncc2)C1. The van der Waals surface area contributed by atoms with Crippen LogP contribution in [0.1, 0.15) is 5.56 Å². The summed E-state index contributed by atoms with van der Waals surface area (Å²) in [6.07, 6.45) is 3.32. The van der Waals surface area contributed by atoms with E-state index in [0.717, 1.165) is 5.56 Å². The minimum absolute atomic E-state index is 0.223. The molecule has 2 N–H and O–H groups in total. The Bertz CT molecular complexity index is 415. The van der Waals surface area contributed by atoms with Gasteiger partial charge < -0.3 is 15.3 Å². The van der Waals surface area contributed by atoms with Crippen LogP contribution in [-0.4, -0.2) is 40.1 Å². The van der Waals surface area contributed by atoms with Gasteiger partial charge in [0.1, 0.15) is 0 Å². The Hall–Kier alpha value is -2.11. The number of nitrogens with zero attached hydrogens (tertiary/aromatic N) is 2. The summed E-state index contributed by atoms with van der Waals surface area (Å²) < 4.78 is 0. The molecule has 0 bridgehead atoms. The Morgan fingerprint density at radius 2 is 2.06 bits per heavy atom. The van der Waals surface area contributed by atoms with Gasteiger partial charge in [0.15, 0.2) is 0 Å². The third-order valence-corrected chi connectivity index (χ3v) is 2.71. The van der Waals surface area contributed by atoms with E-state index in [2.05, 4.69) is 10.3 Å². The predicted octanol–water partition coefficient (Wildman–Crippen LogP) is 0.308. The number of carbonyl (C=O) groups is 2. The van der Waals surface area contributed by atoms with Crippen LogP contribution < -0.4 is 5.32 Å². The number of carboxylic acid groups (broad SMARTS) is 1. The van der Waals surface area contributed by atoms with Crippen LogP contribution in [0.15, 0.2) is 24.5 Å². The van der Waals surface area contributed by atoms with Crippen LogP contribution in [0.5, 0.6) is 0 Å². The van der Waals surface area contributed by atoms with Crippen molar-refractivity contribution in [2.45, 2.75) is 6.54 Å². The molecular formula is C11H13N3O3. The summed E-state index contributed by atoms with van der Waals surface area (Å²) in [6.45, 7) is 1.00. The standard InChI is InChI=1S/C11H13N3O3/c15-10(16)9-6-14(7-9)11(17)13-5-8-1-3-12-4-2-8/h1-4,9H,5-7H2,(H,13,17)(H,15,16). The number of carboxylic acids is 1. The smallest absolute Gasteiger partial charge is 0.317 e. The molecule has 1 saturated heterocycles. The van der Waals surface area contributed by atoms with Crippen LogP contribution in [-0.2, 0) is 11.3 Å². The fraction of sp³-hybridized carbons (Fsp3) is 0.364. The zero-order chi connectivity index (χ0) is 12.3. The van der Waals surface area contributed by atoms with E-state index in [9.17, 15) is 9.59 Å². The fourth-order valence-electron chi connectivity index (χ4n) is 1.59. The average molecular weight is 235 g/mol. The lowest BCUT2D eigenvalue weighted by atomic mass is 10.0. The van der Waals surface area contributed by atoms with Crippen molar-refractivity contribution in [2.75, 3.05) is 13.1 Å². The highest BCUT2D eigenvalue weighted by atomic mass is 16.4. The van der Waals surface area contributed by atoms with Crippen LogP contribution in [0.25, 0.3) is 0 Å². The van der Waals surface area contributed by atoms with Crippen molar-refractivity contribution < 1.29 is 14.7 Å². The molecule has 0 unspecified atom stereocenters. The Balaban J connectivity index is 1.74. The number of hydrogen-bond acceptors (Lipinski definition) is 3. The Morgan fingerprint density at radius 1 is 1.41 bits per heavy atom. The number of likely N-dealkylation sites (tertiary alicyclic amines) is 1. The van der Waals surface area contributed by atoms with Gasteiger partial charge >= 0.3 is 12.0 Å². The molecule has 6 heteroatoms. The normalized spacial score (nSPS) is 15.2. The zero-order valence-corrected chi connectivity index (χ0v) is 9.17. The first-order chi connectivity index (χ1) is 8.16. The summed E-state index contributed by atoms with van der Waals surface area (Å²) in [5.41, 5.74) is 0.962. The van der Waals surface area contributed by atoms with Crippen LogP contribution in [0.4, 0.5) is 4.79 Å². The van der Waals surface area contributed by atoms with Crippen molar-refractivity contribution in [3.05, 3.63) is 30.1 Å². The molecule has 2 heterocycles. The van der Waals surface area contributed by atoms with Crippen LogP contribution in [0.2, 0.25) is 0 Å². The number of pyridine rings is 1. The van der Waals surface area contributed by atoms with E-state index in [-0.39, 0.29) is 19.1 Å². The molecule has 1 aromatic rings. The van der Waals surface area contributed by atoms with Gasteiger partial charge in [-0.25, -0.2) is 4.79 Å². The van der Waals surface area contributed by atoms with Crippen molar-refractivity contribution in [2.24, 2.45) is 5.92 Å². The summed E-state index contributed by atoms with van der Waals surface area (Å²) in [5.74, 6) is -1.26. The van der Waals surface area contributed by atoms with Gasteiger partial charge in [0.2, 0.25) is 0 Å². The molecule has 17 heavy (non-hydrogen) atoms. The second kappa shape index (κ2) is 4.82. The largest absolute Gasteiger partial charge is 0.481 e. The lowest BCUT2D eigenvalue weighted by Gasteiger charge is -2.36. The van der Waals surface area contributed by atoms with Gasteiger partial charge in [-0.3, -0.25) is 9.78 Å². The summed E-state index contributed by atoms with van der Waals surface area (Å²) in [6, 6.07) is 3.41. The predicted molar refractivity (Wildman–Crippen MR) is 59.2 cm³/mol. The number of amides is 2. The zero-order valence-electron chi connectivity index (χ0n) is 9.17. The van der Waals surface area contributed by atoms with Gasteiger partial charge in [-0.05, 0) is 17.7 Å². The van der Waals surface area contributed by atoms with E-state index < -0.39 is 11.9 Å². The highest BCUT2D eigenvalue weighted by Crippen LogP contribution is 2.15. The maximum atomic E-state index is 11.6. The molecule has 0 radical (unpaired) electrons. The molecule has 6 nitrogen and oxygen atoms in total. The molecule has 0 aliphatic carbocycles. The van der Waals surface area contributed by atoms with E-state index in [1.165, 1.54) is 4.90 Å². The van der Waals surface area contributed by atoms with Crippen LogP contribution >= 0.6 is 0 Å². The average Bonchev–Trinajstić information content (AvgIpc) is 2.25. The van der Waals surface area contributed by atoms with Gasteiger partial charge in [-0.15, -0.1) is 0 Å². The second-order valence-corrected chi connectivity index (χ2v) is 3.95. The molecule has 1 fully saturated rings. The van der Waals surface area contributed by atoms with Crippen LogP contribution in [0, 0.1) is 5.92 Å². The van der Waals surface area contributed by atoms with E-state index in [4.69, 9.17) is 5.11 Å². The van der Waals surface area contributed by atoms with E-state index in [0.29, 0.717) is 6.54 Å². The van der Waals surface area contributed by atoms with Crippen molar-refractivity contribution >= 4 is 12.0 Å².